The van der Waals surface area contributed by atoms with Crippen molar-refractivity contribution in [1.82, 2.24) is 5.32 Å². The van der Waals surface area contributed by atoms with Crippen LogP contribution in [0, 0.1) is 18.3 Å². The van der Waals surface area contributed by atoms with Crippen molar-refractivity contribution in [3.05, 3.63) is 41.6 Å². The molecule has 1 aromatic carbocycles. The minimum atomic E-state index is -0.465. The maximum Gasteiger partial charge on any atom is 0.267 e. The molecule has 2 N–H and O–H groups in total. The quantitative estimate of drug-likeness (QED) is 0.415. The minimum absolute atomic E-state index is 0.0164. The number of ether oxygens (including phenoxy) is 2. The van der Waals surface area contributed by atoms with E-state index in [2.05, 4.69) is 10.6 Å². The van der Waals surface area contributed by atoms with Crippen molar-refractivity contribution in [2.75, 3.05) is 25.1 Å². The van der Waals surface area contributed by atoms with E-state index in [-0.39, 0.29) is 5.57 Å². The molecule has 6 heteroatoms. The van der Waals surface area contributed by atoms with Crippen LogP contribution >= 0.6 is 0 Å². The number of hydrogen-bond acceptors (Lipinski definition) is 5. The predicted molar refractivity (Wildman–Crippen MR) is 88.5 cm³/mol. The van der Waals surface area contributed by atoms with Gasteiger partial charge in [-0.3, -0.25) is 4.79 Å². The van der Waals surface area contributed by atoms with E-state index in [0.29, 0.717) is 25.4 Å². The van der Waals surface area contributed by atoms with Gasteiger partial charge < -0.3 is 20.1 Å². The normalized spacial score (nSPS) is 11.2. The van der Waals surface area contributed by atoms with Gasteiger partial charge in [0.25, 0.3) is 5.91 Å². The van der Waals surface area contributed by atoms with E-state index >= 15 is 0 Å². The van der Waals surface area contributed by atoms with Crippen LogP contribution in [-0.4, -0.2) is 32.0 Å². The molecule has 0 aliphatic rings. The smallest absolute Gasteiger partial charge is 0.267 e. The Morgan fingerprint density at radius 1 is 1.26 bits per heavy atom. The largest absolute Gasteiger partial charge is 0.385 e. The number of carbonyl (C=O) groups excluding carboxylic acids is 1. The van der Waals surface area contributed by atoms with Crippen LogP contribution in [0.4, 0.5) is 5.69 Å². The maximum atomic E-state index is 12.1. The summed E-state index contributed by atoms with van der Waals surface area (Å²) < 4.78 is 10.7. The van der Waals surface area contributed by atoms with E-state index in [0.717, 1.165) is 5.56 Å². The minimum Gasteiger partial charge on any atom is -0.385 e. The van der Waals surface area contributed by atoms with Crippen LogP contribution in [0.25, 0.3) is 0 Å². The van der Waals surface area contributed by atoms with Crippen LogP contribution < -0.4 is 10.6 Å². The molecule has 0 heterocycles. The fourth-order valence-electron chi connectivity index (χ4n) is 1.78. The molecule has 0 saturated heterocycles. The van der Waals surface area contributed by atoms with Gasteiger partial charge in [-0.05, 0) is 32.9 Å². The van der Waals surface area contributed by atoms with Gasteiger partial charge in [-0.1, -0.05) is 17.7 Å². The van der Waals surface area contributed by atoms with Crippen molar-refractivity contribution in [1.29, 1.82) is 5.26 Å². The zero-order valence-corrected chi connectivity index (χ0v) is 13.8. The molecular weight excluding hydrogens is 294 g/mol. The lowest BCUT2D eigenvalue weighted by Gasteiger charge is -2.16. The second-order valence-electron chi connectivity index (χ2n) is 4.74. The Hall–Kier alpha value is -2.36. The molecule has 0 unspecified atom stereocenters. The Morgan fingerprint density at radius 3 is 2.39 bits per heavy atom. The number of nitrogens with one attached hydrogen (secondary N) is 2. The van der Waals surface area contributed by atoms with Crippen LogP contribution in [0.3, 0.4) is 0 Å². The summed E-state index contributed by atoms with van der Waals surface area (Å²) in [6.45, 7) is 7.10. The van der Waals surface area contributed by atoms with Crippen molar-refractivity contribution >= 4 is 11.6 Å². The van der Waals surface area contributed by atoms with Gasteiger partial charge in [0.2, 0.25) is 0 Å². The van der Waals surface area contributed by atoms with Crippen molar-refractivity contribution in [2.24, 2.45) is 0 Å². The fraction of sp³-hybridized carbons (Fsp3) is 0.412. The topological polar surface area (TPSA) is 83.4 Å². The van der Waals surface area contributed by atoms with Gasteiger partial charge in [-0.15, -0.1) is 0 Å². The maximum absolute atomic E-state index is 12.1. The Kier molecular flexibility index (Phi) is 8.43. The third-order valence-corrected chi connectivity index (χ3v) is 2.91. The molecule has 0 aliphatic heterocycles. The van der Waals surface area contributed by atoms with Gasteiger partial charge in [0.05, 0.1) is 6.54 Å². The van der Waals surface area contributed by atoms with Crippen LogP contribution in [0.2, 0.25) is 0 Å². The molecule has 0 radical (unpaired) electrons. The highest BCUT2D eigenvalue weighted by molar-refractivity contribution is 6.06. The molecule has 0 bridgehead atoms. The zero-order chi connectivity index (χ0) is 17.1. The number of nitrogens with zero attached hydrogens (tertiary/aromatic N) is 1. The highest BCUT2D eigenvalue weighted by atomic mass is 16.7. The first-order valence-corrected chi connectivity index (χ1v) is 7.55. The van der Waals surface area contributed by atoms with E-state index in [9.17, 15) is 4.79 Å². The molecule has 0 atom stereocenters. The first-order valence-electron chi connectivity index (χ1n) is 7.55. The summed E-state index contributed by atoms with van der Waals surface area (Å²) in [7, 11) is 0. The Labute approximate surface area is 137 Å². The molecule has 23 heavy (non-hydrogen) atoms. The van der Waals surface area contributed by atoms with Gasteiger partial charge >= 0.3 is 0 Å². The summed E-state index contributed by atoms with van der Waals surface area (Å²) in [4.78, 5) is 12.1. The predicted octanol–water partition coefficient (Wildman–Crippen LogP) is 2.33. The number of carbonyl (C=O) groups is 1. The summed E-state index contributed by atoms with van der Waals surface area (Å²) in [6, 6.07) is 9.23. The molecule has 1 rings (SSSR count). The standard InChI is InChI=1S/C17H23N3O3/c1-4-22-16(23-5-2)12-19-11-14(10-18)17(21)20-15-8-6-13(3)7-9-15/h6-9,11,16,19H,4-5,12H2,1-3H3,(H,20,21)/b14-11-. The average molecular weight is 317 g/mol. The molecule has 0 spiro atoms. The van der Waals surface area contributed by atoms with E-state index in [1.54, 1.807) is 12.1 Å². The second kappa shape index (κ2) is 10.4. The molecule has 0 aromatic heterocycles. The molecule has 1 aromatic rings. The van der Waals surface area contributed by atoms with E-state index in [4.69, 9.17) is 14.7 Å². The van der Waals surface area contributed by atoms with Gasteiger partial charge in [-0.25, -0.2) is 0 Å². The molecule has 0 saturated carbocycles. The summed E-state index contributed by atoms with van der Waals surface area (Å²) in [5, 5.41) is 14.7. The highest BCUT2D eigenvalue weighted by Gasteiger charge is 2.10. The number of amides is 1. The van der Waals surface area contributed by atoms with E-state index < -0.39 is 12.2 Å². The molecule has 6 nitrogen and oxygen atoms in total. The molecular formula is C17H23N3O3. The van der Waals surface area contributed by atoms with Crippen LogP contribution in [-0.2, 0) is 14.3 Å². The lowest BCUT2D eigenvalue weighted by atomic mass is 10.2. The molecule has 0 aliphatic carbocycles. The Bertz CT molecular complexity index is 555. The number of anilines is 1. The third kappa shape index (κ3) is 6.96. The number of benzene rings is 1. The molecule has 1 amide bonds. The van der Waals surface area contributed by atoms with E-state index in [1.807, 2.05) is 39.0 Å². The molecule has 0 fully saturated rings. The fourth-order valence-corrected chi connectivity index (χ4v) is 1.78. The summed E-state index contributed by atoms with van der Waals surface area (Å²) in [6.07, 6.45) is 0.954. The van der Waals surface area contributed by atoms with Crippen molar-refractivity contribution in [3.8, 4) is 6.07 Å². The number of nitriles is 1. The third-order valence-electron chi connectivity index (χ3n) is 2.91. The second-order valence-corrected chi connectivity index (χ2v) is 4.74. The van der Waals surface area contributed by atoms with Gasteiger partial charge in [0, 0.05) is 25.1 Å². The van der Waals surface area contributed by atoms with E-state index in [1.165, 1.54) is 6.20 Å². The average Bonchev–Trinajstić information content (AvgIpc) is 2.54. The van der Waals surface area contributed by atoms with Gasteiger partial charge in [-0.2, -0.15) is 5.26 Å². The SMILES string of the molecule is CCOC(CN/C=C(/C#N)C(=O)Nc1ccc(C)cc1)OCC. The first-order chi connectivity index (χ1) is 11.1. The van der Waals surface area contributed by atoms with Crippen LogP contribution in [0.1, 0.15) is 19.4 Å². The zero-order valence-electron chi connectivity index (χ0n) is 13.8. The monoisotopic (exact) mass is 317 g/mol. The van der Waals surface area contributed by atoms with Crippen molar-refractivity contribution in [2.45, 2.75) is 27.1 Å². The number of rotatable bonds is 9. The lowest BCUT2D eigenvalue weighted by molar-refractivity contribution is -0.131. The lowest BCUT2D eigenvalue weighted by Crippen LogP contribution is -2.29. The first kappa shape index (κ1) is 18.7. The van der Waals surface area contributed by atoms with Gasteiger partial charge in [0.15, 0.2) is 6.29 Å². The van der Waals surface area contributed by atoms with Crippen molar-refractivity contribution in [3.63, 3.8) is 0 Å². The van der Waals surface area contributed by atoms with Gasteiger partial charge in [0.1, 0.15) is 11.6 Å². The van der Waals surface area contributed by atoms with Crippen molar-refractivity contribution < 1.29 is 14.3 Å². The Balaban J connectivity index is 2.58. The summed E-state index contributed by atoms with van der Waals surface area (Å²) >= 11 is 0. The number of aryl methyl sites for hydroxylation is 1. The number of hydrogen-bond donors (Lipinski definition) is 2. The Morgan fingerprint density at radius 2 is 1.87 bits per heavy atom. The summed E-state index contributed by atoms with van der Waals surface area (Å²) in [5.41, 5.74) is 1.72. The van der Waals surface area contributed by atoms with Crippen LogP contribution in [0.5, 0.6) is 0 Å². The highest BCUT2D eigenvalue weighted by Crippen LogP contribution is 2.09. The molecule has 124 valence electrons. The van der Waals surface area contributed by atoms with Crippen LogP contribution in [0.15, 0.2) is 36.0 Å². The summed E-state index contributed by atoms with van der Waals surface area (Å²) in [5.74, 6) is -0.465.